The van der Waals surface area contributed by atoms with Crippen LogP contribution in [0.3, 0.4) is 0 Å². The van der Waals surface area contributed by atoms with Gasteiger partial charge in [0, 0.05) is 5.02 Å². The molecule has 6 heteroatoms. The summed E-state index contributed by atoms with van der Waals surface area (Å²) in [5.74, 6) is 4.76. The topological polar surface area (TPSA) is 35.2 Å². The van der Waals surface area contributed by atoms with Crippen LogP contribution in [0.4, 0.5) is 13.2 Å². The van der Waals surface area contributed by atoms with Crippen molar-refractivity contribution in [1.29, 1.82) is 0 Å². The first-order valence-corrected chi connectivity index (χ1v) is 4.51. The smallest absolute Gasteiger partial charge is 0.304 e. The van der Waals surface area contributed by atoms with Gasteiger partial charge in [-0.2, -0.15) is 13.2 Å². The summed E-state index contributed by atoms with van der Waals surface area (Å²) in [6.07, 6.45) is -4.38. The van der Waals surface area contributed by atoms with E-state index >= 15 is 0 Å². The van der Waals surface area contributed by atoms with Crippen LogP contribution >= 0.6 is 11.6 Å². The zero-order valence-corrected chi connectivity index (χ0v) is 8.40. The van der Waals surface area contributed by atoms with Gasteiger partial charge in [-0.1, -0.05) is 17.7 Å². The van der Waals surface area contributed by atoms with Gasteiger partial charge in [-0.05, 0) is 24.1 Å². The molecule has 0 aliphatic carbocycles. The summed E-state index contributed by atoms with van der Waals surface area (Å²) in [4.78, 5) is 4.24. The van der Waals surface area contributed by atoms with Gasteiger partial charge in [-0.25, -0.2) is 5.90 Å². The maximum absolute atomic E-state index is 12.5. The lowest BCUT2D eigenvalue weighted by atomic mass is 10.0. The van der Waals surface area contributed by atoms with Crippen LogP contribution in [-0.4, -0.2) is 6.61 Å². The number of hydrogen-bond donors (Lipinski definition) is 1. The van der Waals surface area contributed by atoms with Crippen molar-refractivity contribution in [2.24, 2.45) is 5.90 Å². The van der Waals surface area contributed by atoms with Crippen LogP contribution in [0.15, 0.2) is 18.2 Å². The Hall–Kier alpha value is -0.780. The van der Waals surface area contributed by atoms with E-state index in [-0.39, 0.29) is 23.6 Å². The highest BCUT2D eigenvalue weighted by atomic mass is 35.5. The van der Waals surface area contributed by atoms with Gasteiger partial charge < -0.3 is 4.84 Å². The zero-order valence-electron chi connectivity index (χ0n) is 7.64. The highest BCUT2D eigenvalue weighted by Gasteiger charge is 2.33. The van der Waals surface area contributed by atoms with Crippen LogP contribution in [0.1, 0.15) is 11.1 Å². The van der Waals surface area contributed by atoms with Gasteiger partial charge in [0.05, 0.1) is 12.2 Å². The molecular weight excluding hydrogens is 231 g/mol. The summed E-state index contributed by atoms with van der Waals surface area (Å²) in [6.45, 7) is -0.00713. The normalized spacial score (nSPS) is 11.8. The molecule has 0 amide bonds. The molecule has 0 saturated heterocycles. The molecule has 0 aliphatic rings. The van der Waals surface area contributed by atoms with Crippen LogP contribution in [-0.2, 0) is 17.4 Å². The lowest BCUT2D eigenvalue weighted by Crippen LogP contribution is -2.12. The molecule has 0 saturated carbocycles. The van der Waals surface area contributed by atoms with Gasteiger partial charge in [0.15, 0.2) is 0 Å². The number of nitrogens with two attached hydrogens (primary N) is 1. The van der Waals surface area contributed by atoms with Crippen LogP contribution < -0.4 is 5.90 Å². The van der Waals surface area contributed by atoms with E-state index in [0.29, 0.717) is 0 Å². The molecule has 1 rings (SSSR count). The molecular formula is C9H9ClF3NO. The maximum Gasteiger partial charge on any atom is 0.416 e. The first kappa shape index (κ1) is 12.3. The van der Waals surface area contributed by atoms with E-state index in [1.807, 2.05) is 0 Å². The van der Waals surface area contributed by atoms with Gasteiger partial charge in [0.25, 0.3) is 0 Å². The first-order chi connectivity index (χ1) is 6.96. The lowest BCUT2D eigenvalue weighted by molar-refractivity contribution is -0.138. The third-order valence-corrected chi connectivity index (χ3v) is 2.25. The molecule has 84 valence electrons. The van der Waals surface area contributed by atoms with E-state index in [1.165, 1.54) is 12.1 Å². The third kappa shape index (κ3) is 3.09. The molecule has 0 spiro atoms. The van der Waals surface area contributed by atoms with E-state index in [0.717, 1.165) is 6.07 Å². The standard InChI is InChI=1S/C9H9ClF3NO/c10-8-3-1-2-7(9(11,12)13)6(8)4-5-15-14/h1-3H,4-5,14H2. The first-order valence-electron chi connectivity index (χ1n) is 4.13. The second-order valence-corrected chi connectivity index (χ2v) is 3.29. The van der Waals surface area contributed by atoms with E-state index < -0.39 is 11.7 Å². The average molecular weight is 240 g/mol. The SMILES string of the molecule is NOCCc1c(Cl)cccc1C(F)(F)F. The van der Waals surface area contributed by atoms with Crippen LogP contribution in [0.5, 0.6) is 0 Å². The van der Waals surface area contributed by atoms with Crippen molar-refractivity contribution in [3.63, 3.8) is 0 Å². The Morgan fingerprint density at radius 2 is 2.00 bits per heavy atom. The van der Waals surface area contributed by atoms with E-state index in [9.17, 15) is 13.2 Å². The Morgan fingerprint density at radius 1 is 1.33 bits per heavy atom. The van der Waals surface area contributed by atoms with Gasteiger partial charge in [-0.15, -0.1) is 0 Å². The molecule has 15 heavy (non-hydrogen) atoms. The van der Waals surface area contributed by atoms with Crippen molar-refractivity contribution >= 4 is 11.6 Å². The van der Waals surface area contributed by atoms with Crippen molar-refractivity contribution in [3.8, 4) is 0 Å². The number of benzene rings is 1. The molecule has 0 atom stereocenters. The number of hydrogen-bond acceptors (Lipinski definition) is 2. The van der Waals surface area contributed by atoms with Gasteiger partial charge in [0.1, 0.15) is 0 Å². The minimum atomic E-state index is -4.41. The second-order valence-electron chi connectivity index (χ2n) is 2.88. The van der Waals surface area contributed by atoms with Crippen LogP contribution in [0, 0.1) is 0 Å². The van der Waals surface area contributed by atoms with Crippen LogP contribution in [0.25, 0.3) is 0 Å². The van der Waals surface area contributed by atoms with Crippen molar-refractivity contribution in [1.82, 2.24) is 0 Å². The molecule has 0 aromatic heterocycles. The molecule has 0 bridgehead atoms. The highest BCUT2D eigenvalue weighted by molar-refractivity contribution is 6.31. The largest absolute Gasteiger partial charge is 0.416 e. The summed E-state index contributed by atoms with van der Waals surface area (Å²) in [7, 11) is 0. The summed E-state index contributed by atoms with van der Waals surface area (Å²) in [5, 5.41) is 0.0712. The molecule has 0 fully saturated rings. The molecule has 2 N–H and O–H groups in total. The summed E-state index contributed by atoms with van der Waals surface area (Å²) in [5.41, 5.74) is -0.732. The Labute approximate surface area is 89.7 Å². The monoisotopic (exact) mass is 239 g/mol. The molecule has 1 aromatic rings. The lowest BCUT2D eigenvalue weighted by Gasteiger charge is -2.13. The van der Waals surface area contributed by atoms with Crippen molar-refractivity contribution in [2.45, 2.75) is 12.6 Å². The third-order valence-electron chi connectivity index (χ3n) is 1.89. The number of halogens is 4. The predicted molar refractivity (Wildman–Crippen MR) is 50.3 cm³/mol. The highest BCUT2D eigenvalue weighted by Crippen LogP contribution is 2.35. The minimum Gasteiger partial charge on any atom is -0.304 e. The fourth-order valence-electron chi connectivity index (χ4n) is 1.24. The number of rotatable bonds is 3. The van der Waals surface area contributed by atoms with Gasteiger partial charge in [-0.3, -0.25) is 0 Å². The molecule has 0 aliphatic heterocycles. The van der Waals surface area contributed by atoms with Crippen molar-refractivity contribution in [3.05, 3.63) is 34.3 Å². The van der Waals surface area contributed by atoms with E-state index in [1.54, 1.807) is 0 Å². The predicted octanol–water partition coefficient (Wildman–Crippen LogP) is 2.79. The Kier molecular flexibility index (Phi) is 3.96. The second kappa shape index (κ2) is 4.83. The quantitative estimate of drug-likeness (QED) is 0.824. The van der Waals surface area contributed by atoms with Crippen LogP contribution in [0.2, 0.25) is 5.02 Å². The zero-order chi connectivity index (χ0) is 11.5. The molecule has 0 heterocycles. The van der Waals surface area contributed by atoms with Crippen molar-refractivity contribution in [2.75, 3.05) is 6.61 Å². The maximum atomic E-state index is 12.5. The fraction of sp³-hybridized carbons (Fsp3) is 0.333. The summed E-state index contributed by atoms with van der Waals surface area (Å²) >= 11 is 5.67. The molecule has 0 radical (unpaired) electrons. The van der Waals surface area contributed by atoms with Gasteiger partial charge in [0.2, 0.25) is 0 Å². The average Bonchev–Trinajstić information content (AvgIpc) is 2.14. The Balaban J connectivity index is 3.09. The van der Waals surface area contributed by atoms with Crippen molar-refractivity contribution < 1.29 is 18.0 Å². The fourth-order valence-corrected chi connectivity index (χ4v) is 1.51. The Morgan fingerprint density at radius 3 is 2.53 bits per heavy atom. The van der Waals surface area contributed by atoms with E-state index in [2.05, 4.69) is 4.84 Å². The molecule has 2 nitrogen and oxygen atoms in total. The molecule has 1 aromatic carbocycles. The Bertz CT molecular complexity index is 341. The van der Waals surface area contributed by atoms with E-state index in [4.69, 9.17) is 17.5 Å². The van der Waals surface area contributed by atoms with Gasteiger partial charge >= 0.3 is 6.18 Å². The molecule has 0 unspecified atom stereocenters. The summed E-state index contributed by atoms with van der Waals surface area (Å²) < 4.78 is 37.6. The minimum absolute atomic E-state index is 0.00713. The number of alkyl halides is 3. The summed E-state index contributed by atoms with van der Waals surface area (Å²) in [6, 6.07) is 3.65.